The van der Waals surface area contributed by atoms with Gasteiger partial charge in [0.05, 0.1) is 11.6 Å². The molecule has 1 aromatic heterocycles. The molecular formula is C16H21N3O. The number of nitrogens with two attached hydrogens (primary N) is 1. The van der Waals surface area contributed by atoms with Crippen molar-refractivity contribution in [1.29, 1.82) is 0 Å². The average Bonchev–Trinajstić information content (AvgIpc) is 2.48. The van der Waals surface area contributed by atoms with Crippen LogP contribution in [0.4, 0.5) is 11.5 Å². The zero-order chi connectivity index (χ0) is 13.9. The first kappa shape index (κ1) is 13.2. The fourth-order valence-corrected chi connectivity index (χ4v) is 2.80. The van der Waals surface area contributed by atoms with Crippen molar-refractivity contribution < 1.29 is 4.74 Å². The lowest BCUT2D eigenvalue weighted by atomic mass is 10.1. The molecule has 2 N–H and O–H groups in total. The molecule has 1 saturated heterocycles. The van der Waals surface area contributed by atoms with Crippen LogP contribution in [0.2, 0.25) is 0 Å². The third-order valence-corrected chi connectivity index (χ3v) is 3.87. The van der Waals surface area contributed by atoms with Crippen molar-refractivity contribution in [2.24, 2.45) is 0 Å². The number of rotatable bonds is 3. The monoisotopic (exact) mass is 271 g/mol. The number of pyridine rings is 1. The molecule has 1 aliphatic heterocycles. The SMILES string of the molecule is CCOC1CCN(c2ccc3cc(N)ccc3n2)CC1. The Balaban J connectivity index is 1.76. The second-order valence-corrected chi connectivity index (χ2v) is 5.26. The molecule has 4 heteroatoms. The third-order valence-electron chi connectivity index (χ3n) is 3.87. The maximum Gasteiger partial charge on any atom is 0.129 e. The van der Waals surface area contributed by atoms with Crippen molar-refractivity contribution in [2.45, 2.75) is 25.9 Å². The van der Waals surface area contributed by atoms with Crippen molar-refractivity contribution in [1.82, 2.24) is 4.98 Å². The molecule has 20 heavy (non-hydrogen) atoms. The largest absolute Gasteiger partial charge is 0.399 e. The molecule has 0 saturated carbocycles. The zero-order valence-corrected chi connectivity index (χ0v) is 11.9. The van der Waals surface area contributed by atoms with Gasteiger partial charge in [0.2, 0.25) is 0 Å². The van der Waals surface area contributed by atoms with E-state index in [9.17, 15) is 0 Å². The summed E-state index contributed by atoms with van der Waals surface area (Å²) < 4.78 is 5.69. The smallest absolute Gasteiger partial charge is 0.129 e. The molecule has 1 aliphatic rings. The van der Waals surface area contributed by atoms with Gasteiger partial charge in [-0.3, -0.25) is 0 Å². The summed E-state index contributed by atoms with van der Waals surface area (Å²) in [6.45, 7) is 4.89. The fraction of sp³-hybridized carbons (Fsp3) is 0.438. The van der Waals surface area contributed by atoms with Gasteiger partial charge >= 0.3 is 0 Å². The van der Waals surface area contributed by atoms with Gasteiger partial charge in [-0.2, -0.15) is 0 Å². The highest BCUT2D eigenvalue weighted by Gasteiger charge is 2.20. The first-order chi connectivity index (χ1) is 9.76. The van der Waals surface area contributed by atoms with Gasteiger partial charge in [0, 0.05) is 30.8 Å². The number of fused-ring (bicyclic) bond motifs is 1. The second-order valence-electron chi connectivity index (χ2n) is 5.26. The summed E-state index contributed by atoms with van der Waals surface area (Å²) in [5.41, 5.74) is 7.58. The van der Waals surface area contributed by atoms with E-state index in [2.05, 4.69) is 24.0 Å². The maximum absolute atomic E-state index is 5.80. The van der Waals surface area contributed by atoms with Crippen LogP contribution in [-0.2, 0) is 4.74 Å². The van der Waals surface area contributed by atoms with E-state index in [1.807, 2.05) is 18.2 Å². The lowest BCUT2D eigenvalue weighted by Crippen LogP contribution is -2.37. The number of piperidine rings is 1. The Hall–Kier alpha value is -1.81. The molecule has 3 rings (SSSR count). The standard InChI is InChI=1S/C16H21N3O/c1-2-20-14-7-9-19(10-8-14)16-6-3-12-11-13(17)4-5-15(12)18-16/h3-6,11,14H,2,7-10,17H2,1H3. The van der Waals surface area contributed by atoms with Crippen LogP contribution >= 0.6 is 0 Å². The number of hydrogen-bond donors (Lipinski definition) is 1. The Kier molecular flexibility index (Phi) is 3.74. The van der Waals surface area contributed by atoms with Crippen LogP contribution in [-0.4, -0.2) is 30.8 Å². The molecule has 106 valence electrons. The van der Waals surface area contributed by atoms with Crippen LogP contribution in [0.1, 0.15) is 19.8 Å². The number of ether oxygens (including phenoxy) is 1. The average molecular weight is 271 g/mol. The molecule has 2 aromatic rings. The van der Waals surface area contributed by atoms with Gasteiger partial charge in [0.1, 0.15) is 5.82 Å². The van der Waals surface area contributed by atoms with Crippen LogP contribution < -0.4 is 10.6 Å². The first-order valence-electron chi connectivity index (χ1n) is 7.29. The normalized spacial score (nSPS) is 16.8. The lowest BCUT2D eigenvalue weighted by molar-refractivity contribution is 0.0458. The molecule has 0 atom stereocenters. The molecule has 0 unspecified atom stereocenters. The summed E-state index contributed by atoms with van der Waals surface area (Å²) in [6.07, 6.45) is 2.57. The fourth-order valence-electron chi connectivity index (χ4n) is 2.80. The van der Waals surface area contributed by atoms with Gasteiger partial charge in [-0.15, -0.1) is 0 Å². The van der Waals surface area contributed by atoms with Crippen molar-refractivity contribution in [2.75, 3.05) is 30.3 Å². The predicted molar refractivity (Wildman–Crippen MR) is 83.0 cm³/mol. The van der Waals surface area contributed by atoms with Crippen molar-refractivity contribution in [3.8, 4) is 0 Å². The van der Waals surface area contributed by atoms with Gasteiger partial charge in [0.15, 0.2) is 0 Å². The summed E-state index contributed by atoms with van der Waals surface area (Å²) in [5.74, 6) is 1.05. The van der Waals surface area contributed by atoms with Crippen LogP contribution in [0.5, 0.6) is 0 Å². The van der Waals surface area contributed by atoms with E-state index in [0.29, 0.717) is 6.10 Å². The third kappa shape index (κ3) is 2.70. The number of nitrogen functional groups attached to an aromatic ring is 1. The van der Waals surface area contributed by atoms with Crippen LogP contribution in [0.15, 0.2) is 30.3 Å². The number of hydrogen-bond acceptors (Lipinski definition) is 4. The van der Waals surface area contributed by atoms with Crippen LogP contribution in [0.25, 0.3) is 10.9 Å². The Morgan fingerprint density at radius 2 is 2.05 bits per heavy atom. The number of aromatic nitrogens is 1. The number of benzene rings is 1. The Labute approximate surface area is 119 Å². The van der Waals surface area contributed by atoms with E-state index in [0.717, 1.165) is 54.9 Å². The van der Waals surface area contributed by atoms with Crippen LogP contribution in [0, 0.1) is 0 Å². The highest BCUT2D eigenvalue weighted by atomic mass is 16.5. The quantitative estimate of drug-likeness (QED) is 0.872. The minimum absolute atomic E-state index is 0.413. The second kappa shape index (κ2) is 5.67. The summed E-state index contributed by atoms with van der Waals surface area (Å²) in [5, 5.41) is 1.10. The minimum Gasteiger partial charge on any atom is -0.399 e. The molecule has 0 bridgehead atoms. The molecule has 1 fully saturated rings. The van der Waals surface area contributed by atoms with Crippen molar-refractivity contribution >= 4 is 22.4 Å². The van der Waals surface area contributed by atoms with Gasteiger partial charge in [0.25, 0.3) is 0 Å². The highest BCUT2D eigenvalue weighted by Crippen LogP contribution is 2.23. The summed E-state index contributed by atoms with van der Waals surface area (Å²) in [7, 11) is 0. The Bertz CT molecular complexity index is 591. The predicted octanol–water partition coefficient (Wildman–Crippen LogP) is 2.82. The summed E-state index contributed by atoms with van der Waals surface area (Å²) in [4.78, 5) is 7.08. The lowest BCUT2D eigenvalue weighted by Gasteiger charge is -2.32. The van der Waals surface area contributed by atoms with E-state index in [4.69, 9.17) is 15.5 Å². The van der Waals surface area contributed by atoms with E-state index in [-0.39, 0.29) is 0 Å². The molecule has 0 spiro atoms. The van der Waals surface area contributed by atoms with Gasteiger partial charge in [-0.05, 0) is 50.1 Å². The van der Waals surface area contributed by atoms with Crippen molar-refractivity contribution in [3.63, 3.8) is 0 Å². The zero-order valence-electron chi connectivity index (χ0n) is 11.9. The van der Waals surface area contributed by atoms with Crippen molar-refractivity contribution in [3.05, 3.63) is 30.3 Å². The van der Waals surface area contributed by atoms with Gasteiger partial charge in [-0.1, -0.05) is 0 Å². The Morgan fingerprint density at radius 1 is 1.25 bits per heavy atom. The molecule has 2 heterocycles. The number of nitrogens with zero attached hydrogens (tertiary/aromatic N) is 2. The molecule has 4 nitrogen and oxygen atoms in total. The van der Waals surface area contributed by atoms with Crippen LogP contribution in [0.3, 0.4) is 0 Å². The first-order valence-corrected chi connectivity index (χ1v) is 7.29. The van der Waals surface area contributed by atoms with Gasteiger partial charge in [-0.25, -0.2) is 4.98 Å². The summed E-state index contributed by atoms with van der Waals surface area (Å²) >= 11 is 0. The number of anilines is 2. The van der Waals surface area contributed by atoms with E-state index < -0.39 is 0 Å². The summed E-state index contributed by atoms with van der Waals surface area (Å²) in [6, 6.07) is 10.0. The molecule has 0 aliphatic carbocycles. The maximum atomic E-state index is 5.80. The van der Waals surface area contributed by atoms with E-state index in [1.165, 1.54) is 0 Å². The van der Waals surface area contributed by atoms with E-state index >= 15 is 0 Å². The van der Waals surface area contributed by atoms with E-state index in [1.54, 1.807) is 0 Å². The molecule has 1 aromatic carbocycles. The Morgan fingerprint density at radius 3 is 2.80 bits per heavy atom. The minimum atomic E-state index is 0.413. The highest BCUT2D eigenvalue weighted by molar-refractivity contribution is 5.83. The van der Waals surface area contributed by atoms with Gasteiger partial charge < -0.3 is 15.4 Å². The topological polar surface area (TPSA) is 51.4 Å². The molecular weight excluding hydrogens is 250 g/mol. The molecule has 0 amide bonds. The molecule has 0 radical (unpaired) electrons.